The maximum absolute atomic E-state index is 8.67. The molecule has 0 amide bonds. The van der Waals surface area contributed by atoms with Crippen molar-refractivity contribution in [2.45, 2.75) is 25.3 Å². The Morgan fingerprint density at radius 3 is 2.67 bits per heavy atom. The van der Waals surface area contributed by atoms with Crippen molar-refractivity contribution in [1.29, 1.82) is 5.26 Å². The zero-order valence-corrected chi connectivity index (χ0v) is 8.61. The second-order valence-corrected chi connectivity index (χ2v) is 3.80. The number of benzene rings is 1. The van der Waals surface area contributed by atoms with Crippen molar-refractivity contribution in [3.63, 3.8) is 0 Å². The highest BCUT2D eigenvalue weighted by Crippen LogP contribution is 2.16. The molecule has 2 nitrogen and oxygen atoms in total. The van der Waals surface area contributed by atoms with Gasteiger partial charge in [-0.25, -0.2) is 0 Å². The molecule has 1 aliphatic carbocycles. The van der Waals surface area contributed by atoms with Gasteiger partial charge in [-0.3, -0.25) is 0 Å². The fourth-order valence-electron chi connectivity index (χ4n) is 1.79. The molecule has 0 fully saturated rings. The Morgan fingerprint density at radius 2 is 2.07 bits per heavy atom. The number of allylic oxidation sites excluding steroid dienone is 1. The normalized spacial score (nSPS) is 19.5. The van der Waals surface area contributed by atoms with E-state index in [4.69, 9.17) is 5.26 Å². The van der Waals surface area contributed by atoms with Gasteiger partial charge in [-0.15, -0.1) is 0 Å². The van der Waals surface area contributed by atoms with E-state index in [1.54, 1.807) is 0 Å². The van der Waals surface area contributed by atoms with Crippen molar-refractivity contribution in [2.24, 2.45) is 0 Å². The fraction of sp³-hybridized carbons (Fsp3) is 0.308. The van der Waals surface area contributed by atoms with E-state index in [1.165, 1.54) is 19.3 Å². The Balaban J connectivity index is 2.01. The van der Waals surface area contributed by atoms with Crippen LogP contribution in [0.4, 0.5) is 5.69 Å². The highest BCUT2D eigenvalue weighted by molar-refractivity contribution is 5.48. The van der Waals surface area contributed by atoms with Crippen molar-refractivity contribution in [3.05, 3.63) is 42.0 Å². The molecular weight excluding hydrogens is 184 g/mol. The molecule has 2 heteroatoms. The van der Waals surface area contributed by atoms with E-state index < -0.39 is 0 Å². The summed E-state index contributed by atoms with van der Waals surface area (Å²) in [6.07, 6.45) is 8.10. The van der Waals surface area contributed by atoms with Gasteiger partial charge in [0, 0.05) is 11.7 Å². The highest BCUT2D eigenvalue weighted by atomic mass is 14.9. The predicted octanol–water partition coefficient (Wildman–Crippen LogP) is 3.08. The highest BCUT2D eigenvalue weighted by Gasteiger charge is 2.07. The van der Waals surface area contributed by atoms with Gasteiger partial charge in [-0.2, -0.15) is 5.26 Å². The number of nitrogens with one attached hydrogen (secondary N) is 1. The van der Waals surface area contributed by atoms with Crippen LogP contribution >= 0.6 is 0 Å². The third-order valence-electron chi connectivity index (χ3n) is 2.62. The molecule has 0 aliphatic heterocycles. The van der Waals surface area contributed by atoms with Gasteiger partial charge in [0.1, 0.15) is 0 Å². The standard InChI is InChI=1S/C13H14N2/c14-10-11-6-8-13(9-7-11)15-12-4-2-1-3-5-12/h2,4,6-9,12,15H,1,3,5H2. The van der Waals surface area contributed by atoms with Gasteiger partial charge >= 0.3 is 0 Å². The summed E-state index contributed by atoms with van der Waals surface area (Å²) >= 11 is 0. The second-order valence-electron chi connectivity index (χ2n) is 3.80. The number of nitriles is 1. The van der Waals surface area contributed by atoms with Crippen molar-refractivity contribution in [1.82, 2.24) is 0 Å². The first kappa shape index (κ1) is 9.79. The third kappa shape index (κ3) is 2.60. The van der Waals surface area contributed by atoms with Crippen LogP contribution in [0.15, 0.2) is 36.4 Å². The lowest BCUT2D eigenvalue weighted by Gasteiger charge is -2.19. The minimum atomic E-state index is 0.451. The number of hydrogen-bond donors (Lipinski definition) is 1. The maximum atomic E-state index is 8.67. The van der Waals surface area contributed by atoms with E-state index in [0.717, 1.165) is 5.69 Å². The molecule has 1 unspecified atom stereocenters. The quantitative estimate of drug-likeness (QED) is 0.741. The SMILES string of the molecule is N#Cc1ccc(NC2C=CCCC2)cc1. The van der Waals surface area contributed by atoms with Crippen LogP contribution in [0.25, 0.3) is 0 Å². The zero-order chi connectivity index (χ0) is 10.5. The molecule has 15 heavy (non-hydrogen) atoms. The minimum Gasteiger partial charge on any atom is -0.379 e. The van der Waals surface area contributed by atoms with Gasteiger partial charge in [0.2, 0.25) is 0 Å². The zero-order valence-electron chi connectivity index (χ0n) is 8.61. The average Bonchev–Trinajstić information content (AvgIpc) is 2.31. The Morgan fingerprint density at radius 1 is 1.27 bits per heavy atom. The van der Waals surface area contributed by atoms with Crippen LogP contribution in [0, 0.1) is 11.3 Å². The first-order chi connectivity index (χ1) is 7.38. The van der Waals surface area contributed by atoms with Crippen molar-refractivity contribution in [3.8, 4) is 6.07 Å². The van der Waals surface area contributed by atoms with Gasteiger partial charge in [-0.1, -0.05) is 12.2 Å². The molecule has 1 aliphatic rings. The molecule has 0 heterocycles. The Hall–Kier alpha value is -1.75. The summed E-state index contributed by atoms with van der Waals surface area (Å²) in [7, 11) is 0. The minimum absolute atomic E-state index is 0.451. The molecule has 0 aromatic heterocycles. The van der Waals surface area contributed by atoms with E-state index in [-0.39, 0.29) is 0 Å². The summed E-state index contributed by atoms with van der Waals surface area (Å²) in [5.41, 5.74) is 1.80. The summed E-state index contributed by atoms with van der Waals surface area (Å²) in [4.78, 5) is 0. The Kier molecular flexibility index (Phi) is 3.04. The van der Waals surface area contributed by atoms with E-state index in [0.29, 0.717) is 11.6 Å². The number of nitrogens with zero attached hydrogens (tertiary/aromatic N) is 1. The van der Waals surface area contributed by atoms with Crippen LogP contribution in [-0.2, 0) is 0 Å². The molecule has 76 valence electrons. The smallest absolute Gasteiger partial charge is 0.0991 e. The number of hydrogen-bond acceptors (Lipinski definition) is 2. The molecule has 0 bridgehead atoms. The van der Waals surface area contributed by atoms with Gasteiger partial charge in [0.15, 0.2) is 0 Å². The van der Waals surface area contributed by atoms with Crippen LogP contribution in [0.2, 0.25) is 0 Å². The molecule has 1 N–H and O–H groups in total. The van der Waals surface area contributed by atoms with Gasteiger partial charge < -0.3 is 5.32 Å². The van der Waals surface area contributed by atoms with Crippen LogP contribution in [0.1, 0.15) is 24.8 Å². The van der Waals surface area contributed by atoms with E-state index in [2.05, 4.69) is 23.5 Å². The lowest BCUT2D eigenvalue weighted by molar-refractivity contribution is 0.674. The van der Waals surface area contributed by atoms with Crippen LogP contribution in [0.3, 0.4) is 0 Å². The lowest BCUT2D eigenvalue weighted by Crippen LogP contribution is -2.18. The molecular formula is C13H14N2. The molecule has 1 atom stereocenters. The second kappa shape index (κ2) is 4.65. The van der Waals surface area contributed by atoms with E-state index in [9.17, 15) is 0 Å². The van der Waals surface area contributed by atoms with Crippen molar-refractivity contribution >= 4 is 5.69 Å². The Labute approximate surface area is 90.2 Å². The summed E-state index contributed by atoms with van der Waals surface area (Å²) < 4.78 is 0. The summed E-state index contributed by atoms with van der Waals surface area (Å²) in [6.45, 7) is 0. The van der Waals surface area contributed by atoms with Crippen LogP contribution in [-0.4, -0.2) is 6.04 Å². The van der Waals surface area contributed by atoms with Crippen LogP contribution in [0.5, 0.6) is 0 Å². The largest absolute Gasteiger partial charge is 0.379 e. The molecule has 0 radical (unpaired) electrons. The topological polar surface area (TPSA) is 35.8 Å². The predicted molar refractivity (Wildman–Crippen MR) is 61.6 cm³/mol. The third-order valence-corrected chi connectivity index (χ3v) is 2.62. The molecule has 1 aromatic rings. The summed E-state index contributed by atoms with van der Waals surface area (Å²) in [5.74, 6) is 0. The Bertz CT molecular complexity index is 384. The number of rotatable bonds is 2. The molecule has 1 aromatic carbocycles. The molecule has 0 saturated carbocycles. The monoisotopic (exact) mass is 198 g/mol. The summed E-state index contributed by atoms with van der Waals surface area (Å²) in [6, 6.07) is 10.2. The first-order valence-corrected chi connectivity index (χ1v) is 5.32. The van der Waals surface area contributed by atoms with E-state index in [1.807, 2.05) is 24.3 Å². The van der Waals surface area contributed by atoms with Crippen LogP contribution < -0.4 is 5.32 Å². The van der Waals surface area contributed by atoms with E-state index >= 15 is 0 Å². The molecule has 2 rings (SSSR count). The first-order valence-electron chi connectivity index (χ1n) is 5.32. The maximum Gasteiger partial charge on any atom is 0.0991 e. The average molecular weight is 198 g/mol. The van der Waals surface area contributed by atoms with Gasteiger partial charge in [-0.05, 0) is 43.5 Å². The molecule has 0 saturated heterocycles. The summed E-state index contributed by atoms with van der Waals surface area (Å²) in [5, 5.41) is 12.1. The lowest BCUT2D eigenvalue weighted by atomic mass is 10.0. The molecule has 0 spiro atoms. The number of anilines is 1. The van der Waals surface area contributed by atoms with Crippen molar-refractivity contribution < 1.29 is 0 Å². The van der Waals surface area contributed by atoms with Crippen molar-refractivity contribution in [2.75, 3.05) is 5.32 Å². The van der Waals surface area contributed by atoms with Gasteiger partial charge in [0.05, 0.1) is 11.6 Å². The van der Waals surface area contributed by atoms with Gasteiger partial charge in [0.25, 0.3) is 0 Å². The fourth-order valence-corrected chi connectivity index (χ4v) is 1.79.